The van der Waals surface area contributed by atoms with Gasteiger partial charge in [-0.2, -0.15) is 0 Å². The largest absolute Gasteiger partial charge is 0.302 e. The van der Waals surface area contributed by atoms with Gasteiger partial charge in [0.05, 0.1) is 0 Å². The monoisotopic (exact) mass is 288 g/mol. The van der Waals surface area contributed by atoms with Crippen LogP contribution in [0.5, 0.6) is 0 Å². The molecular formula is C21H20O. The van der Waals surface area contributed by atoms with Crippen LogP contribution in [0.4, 0.5) is 0 Å². The van der Waals surface area contributed by atoms with E-state index in [2.05, 4.69) is 0 Å². The molecule has 0 aliphatic carbocycles. The predicted octanol–water partition coefficient (Wildman–Crippen LogP) is 4.86. The molecule has 0 amide bonds. The molecule has 3 aromatic rings. The molecule has 0 aromatic heterocycles. The minimum absolute atomic E-state index is 0. The molecule has 0 bridgehead atoms. The second-order valence-corrected chi connectivity index (χ2v) is 5.02. The van der Waals surface area contributed by atoms with Crippen molar-refractivity contribution in [1.29, 1.82) is 0 Å². The number of carbonyl (C=O) groups is 1. The molecule has 3 rings (SSSR count). The maximum atomic E-state index is 12.2. The maximum Gasteiger partial charge on any atom is 0.139 e. The van der Waals surface area contributed by atoms with Crippen molar-refractivity contribution in [2.24, 2.45) is 0 Å². The highest BCUT2D eigenvalue weighted by Gasteiger charge is 2.35. The Morgan fingerprint density at radius 3 is 1.05 bits per heavy atom. The van der Waals surface area contributed by atoms with Gasteiger partial charge >= 0.3 is 0 Å². The van der Waals surface area contributed by atoms with Crippen molar-refractivity contribution < 1.29 is 4.79 Å². The summed E-state index contributed by atoms with van der Waals surface area (Å²) in [6.45, 7) is 0. The van der Waals surface area contributed by atoms with Crippen molar-refractivity contribution in [2.45, 2.75) is 12.8 Å². The van der Waals surface area contributed by atoms with Gasteiger partial charge in [0.2, 0.25) is 0 Å². The highest BCUT2D eigenvalue weighted by molar-refractivity contribution is 5.81. The van der Waals surface area contributed by atoms with Gasteiger partial charge in [0.1, 0.15) is 11.7 Å². The number of carbonyl (C=O) groups excluding carboxylic acids is 1. The zero-order valence-electron chi connectivity index (χ0n) is 11.6. The average Bonchev–Trinajstić information content (AvgIpc) is 2.59. The summed E-state index contributed by atoms with van der Waals surface area (Å²) < 4.78 is 0. The van der Waals surface area contributed by atoms with Crippen molar-refractivity contribution in [2.75, 3.05) is 0 Å². The minimum Gasteiger partial charge on any atom is -0.302 e. The van der Waals surface area contributed by atoms with Crippen LogP contribution in [0.1, 0.15) is 24.1 Å². The first-order valence-electron chi connectivity index (χ1n) is 7.01. The summed E-state index contributed by atoms with van der Waals surface area (Å²) in [6, 6.07) is 29.8. The van der Waals surface area contributed by atoms with Gasteiger partial charge in [0, 0.05) is 0 Å². The third kappa shape index (κ3) is 2.58. The van der Waals surface area contributed by atoms with Crippen LogP contribution in [0.25, 0.3) is 0 Å². The fourth-order valence-electron chi connectivity index (χ4n) is 2.81. The van der Waals surface area contributed by atoms with Crippen molar-refractivity contribution in [3.05, 3.63) is 108 Å². The smallest absolute Gasteiger partial charge is 0.139 e. The summed E-state index contributed by atoms with van der Waals surface area (Å²) in [5.74, 6) is 0. The molecule has 0 spiro atoms. The van der Waals surface area contributed by atoms with E-state index in [1.807, 2.05) is 91.0 Å². The first-order valence-corrected chi connectivity index (χ1v) is 7.01. The average molecular weight is 288 g/mol. The van der Waals surface area contributed by atoms with E-state index in [-0.39, 0.29) is 7.43 Å². The van der Waals surface area contributed by atoms with Crippen LogP contribution < -0.4 is 0 Å². The second kappa shape index (κ2) is 6.86. The molecule has 0 radical (unpaired) electrons. The van der Waals surface area contributed by atoms with Gasteiger partial charge in [-0.1, -0.05) is 98.4 Å². The predicted molar refractivity (Wildman–Crippen MR) is 92.0 cm³/mol. The molecule has 1 heteroatoms. The lowest BCUT2D eigenvalue weighted by atomic mass is 9.70. The van der Waals surface area contributed by atoms with Gasteiger partial charge < -0.3 is 4.79 Å². The Morgan fingerprint density at radius 1 is 0.545 bits per heavy atom. The highest BCUT2D eigenvalue weighted by Crippen LogP contribution is 2.37. The molecule has 110 valence electrons. The van der Waals surface area contributed by atoms with Crippen LogP contribution in [0.2, 0.25) is 0 Å². The van der Waals surface area contributed by atoms with Gasteiger partial charge in [-0.25, -0.2) is 0 Å². The molecule has 0 saturated heterocycles. The topological polar surface area (TPSA) is 17.1 Å². The third-order valence-electron chi connectivity index (χ3n) is 3.86. The van der Waals surface area contributed by atoms with E-state index in [0.29, 0.717) is 0 Å². The Bertz CT molecular complexity index is 606. The molecule has 0 heterocycles. The fraction of sp³-hybridized carbons (Fsp3) is 0.0952. The highest BCUT2D eigenvalue weighted by atomic mass is 16.1. The quantitative estimate of drug-likeness (QED) is 0.495. The van der Waals surface area contributed by atoms with Crippen LogP contribution in [-0.4, -0.2) is 6.29 Å². The van der Waals surface area contributed by atoms with Gasteiger partial charge in [-0.3, -0.25) is 0 Å². The molecule has 0 aliphatic rings. The van der Waals surface area contributed by atoms with Crippen LogP contribution in [0.3, 0.4) is 0 Å². The summed E-state index contributed by atoms with van der Waals surface area (Å²) in [7, 11) is 0. The SMILES string of the molecule is C.O=CC(c1ccccc1)(c1ccccc1)c1ccccc1. The normalized spacial score (nSPS) is 10.5. The molecule has 0 unspecified atom stereocenters. The minimum atomic E-state index is -0.760. The second-order valence-electron chi connectivity index (χ2n) is 5.02. The Balaban J connectivity index is 0.00000176. The van der Waals surface area contributed by atoms with Crippen LogP contribution in [0, 0.1) is 0 Å². The molecule has 1 nitrogen and oxygen atoms in total. The Labute approximate surface area is 132 Å². The number of rotatable bonds is 4. The Kier molecular flexibility index (Phi) is 4.90. The number of benzene rings is 3. The molecule has 22 heavy (non-hydrogen) atoms. The first-order chi connectivity index (χ1) is 10.4. The first kappa shape index (κ1) is 15.7. The Hall–Kier alpha value is -2.67. The van der Waals surface area contributed by atoms with Gasteiger partial charge in [-0.15, -0.1) is 0 Å². The van der Waals surface area contributed by atoms with Gasteiger partial charge in [0.25, 0.3) is 0 Å². The van der Waals surface area contributed by atoms with Crippen molar-refractivity contribution in [3.63, 3.8) is 0 Å². The summed E-state index contributed by atoms with van der Waals surface area (Å²) in [5.41, 5.74) is 2.19. The molecule has 0 aliphatic heterocycles. The van der Waals surface area contributed by atoms with Crippen molar-refractivity contribution >= 4 is 6.29 Å². The van der Waals surface area contributed by atoms with E-state index >= 15 is 0 Å². The van der Waals surface area contributed by atoms with Crippen LogP contribution >= 0.6 is 0 Å². The van der Waals surface area contributed by atoms with Crippen LogP contribution in [0.15, 0.2) is 91.0 Å². The van der Waals surface area contributed by atoms with Gasteiger partial charge in [0.15, 0.2) is 0 Å². The summed E-state index contributed by atoms with van der Waals surface area (Å²) in [4.78, 5) is 12.2. The standard InChI is InChI=1S/C20H16O.CH4/c21-16-20(17-10-4-1-5-11-17,18-12-6-2-7-13-18)19-14-8-3-9-15-19;/h1-16H;1H4. The lowest BCUT2D eigenvalue weighted by Gasteiger charge is -2.30. The zero-order chi connectivity index (χ0) is 14.5. The van der Waals surface area contributed by atoms with E-state index in [9.17, 15) is 4.79 Å². The van der Waals surface area contributed by atoms with Crippen LogP contribution in [-0.2, 0) is 10.2 Å². The summed E-state index contributed by atoms with van der Waals surface area (Å²) >= 11 is 0. The lowest BCUT2D eigenvalue weighted by Crippen LogP contribution is -2.31. The van der Waals surface area contributed by atoms with E-state index in [4.69, 9.17) is 0 Å². The summed E-state index contributed by atoms with van der Waals surface area (Å²) in [6.07, 6.45) is 1.05. The molecular weight excluding hydrogens is 268 g/mol. The number of aldehydes is 1. The molecule has 3 aromatic carbocycles. The lowest BCUT2D eigenvalue weighted by molar-refractivity contribution is -0.110. The third-order valence-corrected chi connectivity index (χ3v) is 3.86. The van der Waals surface area contributed by atoms with E-state index in [0.717, 1.165) is 23.0 Å². The number of hydrogen-bond acceptors (Lipinski definition) is 1. The summed E-state index contributed by atoms with van der Waals surface area (Å²) in [5, 5.41) is 0. The molecule has 0 N–H and O–H groups in total. The zero-order valence-corrected chi connectivity index (χ0v) is 11.6. The van der Waals surface area contributed by atoms with Gasteiger partial charge in [-0.05, 0) is 16.7 Å². The fourth-order valence-corrected chi connectivity index (χ4v) is 2.81. The van der Waals surface area contributed by atoms with Crippen molar-refractivity contribution in [1.82, 2.24) is 0 Å². The van der Waals surface area contributed by atoms with E-state index in [1.54, 1.807) is 0 Å². The molecule has 0 atom stereocenters. The molecule has 0 fully saturated rings. The van der Waals surface area contributed by atoms with E-state index in [1.165, 1.54) is 0 Å². The van der Waals surface area contributed by atoms with E-state index < -0.39 is 5.41 Å². The molecule has 0 saturated carbocycles. The van der Waals surface area contributed by atoms with Crippen molar-refractivity contribution in [3.8, 4) is 0 Å². The Morgan fingerprint density at radius 2 is 0.818 bits per heavy atom. The maximum absolute atomic E-state index is 12.2. The number of hydrogen-bond donors (Lipinski definition) is 0.